The molecule has 2 aromatic rings. The van der Waals surface area contributed by atoms with E-state index < -0.39 is 25.0 Å². The van der Waals surface area contributed by atoms with Crippen LogP contribution in [0.2, 0.25) is 54.4 Å². The predicted octanol–water partition coefficient (Wildman–Crippen LogP) is 11.0. The lowest BCUT2D eigenvalue weighted by Crippen LogP contribution is -2.66. The van der Waals surface area contributed by atoms with Gasteiger partial charge in [-0.05, 0) is 110 Å². The highest BCUT2D eigenvalue weighted by atomic mass is 28.4. The summed E-state index contributed by atoms with van der Waals surface area (Å²) in [7, 11) is -6.13. The maximum atomic E-state index is 7.53. The molecule has 0 amide bonds. The van der Waals surface area contributed by atoms with Crippen LogP contribution in [-0.2, 0) is 13.3 Å². The van der Waals surface area contributed by atoms with Crippen molar-refractivity contribution in [1.82, 2.24) is 14.7 Å². The van der Waals surface area contributed by atoms with Gasteiger partial charge in [0.1, 0.15) is 0 Å². The number of benzene rings is 1. The molecule has 2 heterocycles. The van der Waals surface area contributed by atoms with Crippen molar-refractivity contribution in [1.29, 1.82) is 0 Å². The molecule has 1 fully saturated rings. The number of hydrogen-bond donors (Lipinski definition) is 1. The lowest BCUT2D eigenvalue weighted by atomic mass is 9.88. The highest BCUT2D eigenvalue weighted by Gasteiger charge is 2.52. The number of nitrogens with one attached hydrogen (secondary N) is 1. The zero-order valence-corrected chi connectivity index (χ0v) is 38.1. The van der Waals surface area contributed by atoms with Gasteiger partial charge in [-0.25, -0.2) is 4.68 Å². The number of likely N-dealkylation sites (tertiary alicyclic amines) is 1. The highest BCUT2D eigenvalue weighted by molar-refractivity contribution is 6.75. The zero-order chi connectivity index (χ0) is 37.8. The van der Waals surface area contributed by atoms with Gasteiger partial charge in [0.05, 0.1) is 30.5 Å². The number of piperidine rings is 1. The fourth-order valence-electron chi connectivity index (χ4n) is 5.87. The maximum absolute atomic E-state index is 7.53. The number of rotatable bonds is 16. The minimum Gasteiger partial charge on any atom is -0.415 e. The van der Waals surface area contributed by atoms with E-state index in [0.29, 0.717) is 12.5 Å². The lowest BCUT2D eigenvalue weighted by Gasteiger charge is -2.54. The summed E-state index contributed by atoms with van der Waals surface area (Å²) >= 11 is 0. The largest absolute Gasteiger partial charge is 0.415 e. The second kappa shape index (κ2) is 16.8. The second-order valence-electron chi connectivity index (χ2n) is 19.6. The Kier molecular flexibility index (Phi) is 14.5. The van der Waals surface area contributed by atoms with Crippen LogP contribution in [0.5, 0.6) is 0 Å². The third-order valence-electron chi connectivity index (χ3n) is 12.5. The van der Waals surface area contributed by atoms with E-state index in [9.17, 15) is 0 Å². The third kappa shape index (κ3) is 11.4. The molecule has 1 aliphatic heterocycles. The van der Waals surface area contributed by atoms with Crippen LogP contribution in [0, 0.1) is 5.92 Å². The molecule has 7 nitrogen and oxygen atoms in total. The topological polar surface area (TPSA) is 60.8 Å². The Morgan fingerprint density at radius 1 is 0.740 bits per heavy atom. The number of aromatic nitrogens is 2. The van der Waals surface area contributed by atoms with Gasteiger partial charge in [-0.3, -0.25) is 4.90 Å². The van der Waals surface area contributed by atoms with Crippen molar-refractivity contribution in [2.45, 2.75) is 168 Å². The normalized spacial score (nSPS) is 21.8. The highest BCUT2D eigenvalue weighted by Crippen LogP contribution is 2.44. The summed E-state index contributed by atoms with van der Waals surface area (Å²) in [5.41, 5.74) is 2.24. The van der Waals surface area contributed by atoms with Crippen LogP contribution in [0.1, 0.15) is 94.9 Å². The van der Waals surface area contributed by atoms with Crippen molar-refractivity contribution in [3.05, 3.63) is 42.7 Å². The van der Waals surface area contributed by atoms with Crippen LogP contribution in [0.3, 0.4) is 0 Å². The zero-order valence-electron chi connectivity index (χ0n) is 35.1. The van der Waals surface area contributed by atoms with Crippen LogP contribution < -0.4 is 5.32 Å². The number of unbranched alkanes of at least 4 members (excludes halogenated alkanes) is 3. The first-order valence-corrected chi connectivity index (χ1v) is 28.2. The minimum absolute atomic E-state index is 0.0117. The van der Waals surface area contributed by atoms with Gasteiger partial charge >= 0.3 is 0 Å². The first-order valence-electron chi connectivity index (χ1n) is 19.4. The fourth-order valence-corrected chi connectivity index (χ4v) is 9.62. The summed E-state index contributed by atoms with van der Waals surface area (Å²) < 4.78 is 23.9. The molecule has 10 heteroatoms. The van der Waals surface area contributed by atoms with E-state index in [0.717, 1.165) is 37.4 Å². The van der Waals surface area contributed by atoms with E-state index in [-0.39, 0.29) is 33.4 Å². The van der Waals surface area contributed by atoms with Gasteiger partial charge in [-0.2, -0.15) is 5.10 Å². The Morgan fingerprint density at radius 3 is 1.80 bits per heavy atom. The average Bonchev–Trinajstić information content (AvgIpc) is 3.52. The van der Waals surface area contributed by atoms with Gasteiger partial charge in [0.15, 0.2) is 25.0 Å². The molecular weight excluding hydrogens is 669 g/mol. The maximum Gasteiger partial charge on any atom is 0.192 e. The first kappa shape index (κ1) is 43.1. The number of nitrogens with zero attached hydrogens (tertiary/aromatic N) is 3. The molecule has 0 spiro atoms. The van der Waals surface area contributed by atoms with E-state index in [1.54, 1.807) is 0 Å². The van der Waals surface area contributed by atoms with Gasteiger partial charge in [0, 0.05) is 31.2 Å². The summed E-state index contributed by atoms with van der Waals surface area (Å²) in [6, 6.07) is 10.6. The molecule has 1 aromatic carbocycles. The molecule has 50 heavy (non-hydrogen) atoms. The van der Waals surface area contributed by atoms with Crippen molar-refractivity contribution < 1.29 is 13.3 Å². The standard InChI is InChI=1S/C40H76N4O3Si3/c1-32-30-43(28-20-18-17-19-26-41-33-22-24-34(25-23-33)44-29-21-27-42-44)35(31-45-48(11,12)38(2,3)4)37(47-50(15,16)40(8,9)10)36(32)46-49(13,14)39(5,6)7/h21-25,27,29,32,35-37,41H,17-20,26,28,30-31H2,1-16H3/t32-,35+,36+,37+/m0/s1. The van der Waals surface area contributed by atoms with Crippen molar-refractivity contribution in [3.63, 3.8) is 0 Å². The Bertz CT molecular complexity index is 1300. The molecule has 286 valence electrons. The molecule has 0 unspecified atom stereocenters. The molecule has 0 aliphatic carbocycles. The molecule has 1 saturated heterocycles. The summed E-state index contributed by atoms with van der Waals surface area (Å²) in [5.74, 6) is 0.381. The Balaban J connectivity index is 1.73. The van der Waals surface area contributed by atoms with Gasteiger partial charge in [-0.15, -0.1) is 0 Å². The van der Waals surface area contributed by atoms with Crippen molar-refractivity contribution in [2.24, 2.45) is 5.92 Å². The van der Waals surface area contributed by atoms with E-state index in [1.165, 1.54) is 19.3 Å². The van der Waals surface area contributed by atoms with Crippen molar-refractivity contribution in [3.8, 4) is 5.69 Å². The summed E-state index contributed by atoms with van der Waals surface area (Å²) in [6.07, 6.45) is 8.61. The van der Waals surface area contributed by atoms with E-state index in [2.05, 4.69) is 148 Å². The second-order valence-corrected chi connectivity index (χ2v) is 34.0. The minimum atomic E-state index is -2.11. The van der Waals surface area contributed by atoms with Crippen LogP contribution in [0.25, 0.3) is 5.69 Å². The van der Waals surface area contributed by atoms with Crippen molar-refractivity contribution in [2.75, 3.05) is 31.6 Å². The Hall–Kier alpha value is -1.28. The Labute approximate surface area is 311 Å². The molecule has 1 aliphatic rings. The molecule has 1 N–H and O–H groups in total. The summed E-state index contributed by atoms with van der Waals surface area (Å²) in [6.45, 7) is 41.8. The molecule has 1 aromatic heterocycles. The SMILES string of the molecule is C[C@H]1CN(CCCCCCNc2ccc(-n3cccn3)cc2)[C@H](CO[Si](C)(C)C(C)(C)C)[C@@H](O[Si](C)(C)C(C)(C)C)[C@@H]1O[Si](C)(C)C(C)(C)C. The van der Waals surface area contributed by atoms with E-state index in [1.807, 2.05) is 23.1 Å². The lowest BCUT2D eigenvalue weighted by molar-refractivity contribution is -0.101. The smallest absolute Gasteiger partial charge is 0.192 e. The molecule has 4 atom stereocenters. The Morgan fingerprint density at radius 2 is 1.28 bits per heavy atom. The molecule has 0 bridgehead atoms. The average molecular weight is 745 g/mol. The van der Waals surface area contributed by atoms with Crippen LogP contribution in [0.15, 0.2) is 42.7 Å². The first-order chi connectivity index (χ1) is 22.9. The predicted molar refractivity (Wildman–Crippen MR) is 222 cm³/mol. The van der Waals surface area contributed by atoms with E-state index >= 15 is 0 Å². The number of hydrogen-bond acceptors (Lipinski definition) is 6. The number of anilines is 1. The third-order valence-corrected chi connectivity index (χ3v) is 25.9. The molecule has 3 rings (SSSR count). The summed E-state index contributed by atoms with van der Waals surface area (Å²) in [5, 5.41) is 8.34. The van der Waals surface area contributed by atoms with Gasteiger partial charge < -0.3 is 18.6 Å². The van der Waals surface area contributed by atoms with Crippen molar-refractivity contribution >= 4 is 30.6 Å². The van der Waals surface area contributed by atoms with Crippen LogP contribution in [0.4, 0.5) is 5.69 Å². The van der Waals surface area contributed by atoms with Gasteiger partial charge in [0.2, 0.25) is 0 Å². The monoisotopic (exact) mass is 745 g/mol. The molecular formula is C40H76N4O3Si3. The summed E-state index contributed by atoms with van der Waals surface area (Å²) in [4.78, 5) is 2.74. The van der Waals surface area contributed by atoms with Gasteiger partial charge in [-0.1, -0.05) is 82.1 Å². The fraction of sp³-hybridized carbons (Fsp3) is 0.775. The van der Waals surface area contributed by atoms with Crippen LogP contribution in [-0.4, -0.2) is 84.1 Å². The van der Waals surface area contributed by atoms with Gasteiger partial charge in [0.25, 0.3) is 0 Å². The molecule has 0 radical (unpaired) electrons. The van der Waals surface area contributed by atoms with E-state index in [4.69, 9.17) is 13.3 Å². The van der Waals surface area contributed by atoms with Crippen LogP contribution >= 0.6 is 0 Å². The quantitative estimate of drug-likeness (QED) is 0.136. The molecule has 0 saturated carbocycles.